The molecule has 0 saturated carbocycles. The lowest BCUT2D eigenvalue weighted by atomic mass is 9.99. The van der Waals surface area contributed by atoms with E-state index in [-0.39, 0.29) is 24.0 Å². The van der Waals surface area contributed by atoms with Crippen molar-refractivity contribution in [2.45, 2.75) is 25.4 Å². The molecule has 2 aliphatic rings. The molecule has 0 spiro atoms. The molecule has 3 heterocycles. The molecule has 25 heavy (non-hydrogen) atoms. The van der Waals surface area contributed by atoms with Gasteiger partial charge < -0.3 is 24.8 Å². The van der Waals surface area contributed by atoms with Crippen LogP contribution in [0.15, 0.2) is 18.2 Å². The van der Waals surface area contributed by atoms with E-state index in [1.54, 1.807) is 24.1 Å². The highest BCUT2D eigenvalue weighted by Crippen LogP contribution is 2.24. The zero-order valence-corrected chi connectivity index (χ0v) is 14.3. The first-order valence-electron chi connectivity index (χ1n) is 8.52. The van der Waals surface area contributed by atoms with Gasteiger partial charge in [-0.1, -0.05) is 0 Å². The topological polar surface area (TPSA) is 90.6 Å². The molecule has 1 aromatic heterocycles. The maximum absolute atomic E-state index is 12.9. The van der Waals surface area contributed by atoms with Crippen LogP contribution in [-0.4, -0.2) is 70.5 Å². The standard InChI is InChI=1S/C17H21N5O3/c1-3-25-16-18-11-5-4-10(8-12(11)19-16)15(23)22-7-6-14-13(9-22)20-17(24)21(14)2/h4-5,8,13-14H,3,6-7,9H2,1-2H3,(H,18,19)(H,20,24)/t13-,14+/m1/s1. The van der Waals surface area contributed by atoms with E-state index >= 15 is 0 Å². The van der Waals surface area contributed by atoms with E-state index < -0.39 is 0 Å². The summed E-state index contributed by atoms with van der Waals surface area (Å²) in [5.41, 5.74) is 2.15. The summed E-state index contributed by atoms with van der Waals surface area (Å²) in [6.45, 7) is 3.60. The van der Waals surface area contributed by atoms with Crippen molar-refractivity contribution in [2.75, 3.05) is 26.7 Å². The number of benzene rings is 1. The minimum absolute atomic E-state index is 0.00403. The molecule has 2 aromatic rings. The number of imidazole rings is 1. The van der Waals surface area contributed by atoms with E-state index in [1.807, 2.05) is 17.9 Å². The molecule has 8 nitrogen and oxygen atoms in total. The van der Waals surface area contributed by atoms with Crippen LogP contribution in [0.3, 0.4) is 0 Å². The van der Waals surface area contributed by atoms with Crippen molar-refractivity contribution in [3.05, 3.63) is 23.8 Å². The third-order valence-electron chi connectivity index (χ3n) is 4.98. The van der Waals surface area contributed by atoms with E-state index in [4.69, 9.17) is 4.74 Å². The number of aromatic amines is 1. The summed E-state index contributed by atoms with van der Waals surface area (Å²) < 4.78 is 5.37. The molecule has 2 atom stereocenters. The highest BCUT2D eigenvalue weighted by Gasteiger charge is 2.41. The summed E-state index contributed by atoms with van der Waals surface area (Å²) in [6.07, 6.45) is 0.784. The van der Waals surface area contributed by atoms with Crippen LogP contribution >= 0.6 is 0 Å². The summed E-state index contributed by atoms with van der Waals surface area (Å²) in [5.74, 6) is -0.0308. The smallest absolute Gasteiger partial charge is 0.317 e. The lowest BCUT2D eigenvalue weighted by Gasteiger charge is -2.35. The second-order valence-corrected chi connectivity index (χ2v) is 6.48. The molecule has 4 rings (SSSR count). The zero-order valence-electron chi connectivity index (χ0n) is 14.3. The van der Waals surface area contributed by atoms with E-state index in [2.05, 4.69) is 15.3 Å². The van der Waals surface area contributed by atoms with Gasteiger partial charge in [0.15, 0.2) is 0 Å². The van der Waals surface area contributed by atoms with Crippen molar-refractivity contribution in [3.8, 4) is 6.01 Å². The number of piperidine rings is 1. The number of hydrogen-bond donors (Lipinski definition) is 2. The van der Waals surface area contributed by atoms with Gasteiger partial charge in [-0.3, -0.25) is 4.79 Å². The Labute approximate surface area is 145 Å². The highest BCUT2D eigenvalue weighted by atomic mass is 16.5. The average Bonchev–Trinajstić information content (AvgIpc) is 3.14. The summed E-state index contributed by atoms with van der Waals surface area (Å²) in [4.78, 5) is 35.6. The average molecular weight is 343 g/mol. The third-order valence-corrected chi connectivity index (χ3v) is 4.98. The number of aromatic nitrogens is 2. The normalized spacial score (nSPS) is 22.9. The second kappa shape index (κ2) is 5.94. The zero-order chi connectivity index (χ0) is 17.6. The number of likely N-dealkylation sites (N-methyl/N-ethyl adjacent to an activating group) is 1. The first kappa shape index (κ1) is 15.7. The van der Waals surface area contributed by atoms with Gasteiger partial charge in [-0.15, -0.1) is 0 Å². The van der Waals surface area contributed by atoms with Crippen molar-refractivity contribution >= 4 is 23.0 Å². The fraction of sp³-hybridized carbons (Fsp3) is 0.471. The largest absolute Gasteiger partial charge is 0.465 e. The Balaban J connectivity index is 1.53. The molecule has 0 bridgehead atoms. The predicted molar refractivity (Wildman–Crippen MR) is 91.7 cm³/mol. The molecule has 2 fully saturated rings. The molecule has 0 unspecified atom stereocenters. The molecular weight excluding hydrogens is 322 g/mol. The van der Waals surface area contributed by atoms with E-state index in [9.17, 15) is 9.59 Å². The van der Waals surface area contributed by atoms with Gasteiger partial charge in [0.2, 0.25) is 0 Å². The highest BCUT2D eigenvalue weighted by molar-refractivity contribution is 5.97. The maximum atomic E-state index is 12.9. The van der Waals surface area contributed by atoms with Crippen LogP contribution in [0.1, 0.15) is 23.7 Å². The third kappa shape index (κ3) is 2.67. The molecular formula is C17H21N5O3. The van der Waals surface area contributed by atoms with Crippen molar-refractivity contribution in [1.82, 2.24) is 25.1 Å². The number of carbonyl (C=O) groups is 2. The number of H-pyrrole nitrogens is 1. The van der Waals surface area contributed by atoms with Crippen LogP contribution in [0, 0.1) is 0 Å². The van der Waals surface area contributed by atoms with Crippen LogP contribution in [0.2, 0.25) is 0 Å². The SMILES string of the molecule is CCOc1nc2ccc(C(=O)N3CC[C@H]4[C@@H](C3)NC(=O)N4C)cc2[nH]1. The number of hydrogen-bond acceptors (Lipinski definition) is 4. The van der Waals surface area contributed by atoms with Gasteiger partial charge in [0, 0.05) is 25.7 Å². The number of likely N-dealkylation sites (tertiary alicyclic amines) is 1. The molecule has 2 N–H and O–H groups in total. The summed E-state index contributed by atoms with van der Waals surface area (Å²) in [6, 6.07) is 5.97. The van der Waals surface area contributed by atoms with E-state index in [0.717, 1.165) is 17.5 Å². The fourth-order valence-electron chi connectivity index (χ4n) is 3.65. The van der Waals surface area contributed by atoms with Gasteiger partial charge in [-0.25, -0.2) is 4.79 Å². The Morgan fingerprint density at radius 2 is 2.28 bits per heavy atom. The van der Waals surface area contributed by atoms with Crippen molar-refractivity contribution in [3.63, 3.8) is 0 Å². The van der Waals surface area contributed by atoms with Gasteiger partial charge in [-0.05, 0) is 31.5 Å². The van der Waals surface area contributed by atoms with Gasteiger partial charge >= 0.3 is 6.03 Å². The van der Waals surface area contributed by atoms with E-state index in [0.29, 0.717) is 31.3 Å². The Kier molecular flexibility index (Phi) is 3.74. The van der Waals surface area contributed by atoms with Crippen LogP contribution in [-0.2, 0) is 0 Å². The monoisotopic (exact) mass is 343 g/mol. The predicted octanol–water partition coefficient (Wildman–Crippen LogP) is 1.20. The minimum atomic E-state index is -0.0633. The van der Waals surface area contributed by atoms with Crippen molar-refractivity contribution < 1.29 is 14.3 Å². The Morgan fingerprint density at radius 3 is 3.08 bits per heavy atom. The van der Waals surface area contributed by atoms with Crippen LogP contribution in [0.25, 0.3) is 11.0 Å². The van der Waals surface area contributed by atoms with Crippen LogP contribution < -0.4 is 10.1 Å². The molecule has 8 heteroatoms. The van der Waals surface area contributed by atoms with E-state index in [1.165, 1.54) is 0 Å². The van der Waals surface area contributed by atoms with Gasteiger partial charge in [-0.2, -0.15) is 4.98 Å². The molecule has 1 aromatic carbocycles. The Morgan fingerprint density at radius 1 is 1.44 bits per heavy atom. The molecule has 132 valence electrons. The van der Waals surface area contributed by atoms with Crippen LogP contribution in [0.4, 0.5) is 4.79 Å². The van der Waals surface area contributed by atoms with Gasteiger partial charge in [0.05, 0.1) is 29.7 Å². The number of fused-ring (bicyclic) bond motifs is 2. The van der Waals surface area contributed by atoms with Crippen LogP contribution in [0.5, 0.6) is 6.01 Å². The maximum Gasteiger partial charge on any atom is 0.317 e. The molecule has 0 aliphatic carbocycles. The molecule has 2 saturated heterocycles. The first-order valence-corrected chi connectivity index (χ1v) is 8.52. The number of nitrogens with one attached hydrogen (secondary N) is 2. The summed E-state index contributed by atoms with van der Waals surface area (Å²) >= 11 is 0. The Hall–Kier alpha value is -2.77. The summed E-state index contributed by atoms with van der Waals surface area (Å²) in [7, 11) is 1.81. The number of urea groups is 1. The molecule has 0 radical (unpaired) electrons. The number of ether oxygens (including phenoxy) is 1. The van der Waals surface area contributed by atoms with Crippen molar-refractivity contribution in [2.24, 2.45) is 0 Å². The number of amides is 3. The number of nitrogens with zero attached hydrogens (tertiary/aromatic N) is 3. The Bertz CT molecular complexity index is 833. The van der Waals surface area contributed by atoms with Gasteiger partial charge in [0.25, 0.3) is 11.9 Å². The second-order valence-electron chi connectivity index (χ2n) is 6.48. The lowest BCUT2D eigenvalue weighted by Crippen LogP contribution is -2.52. The minimum Gasteiger partial charge on any atom is -0.465 e. The molecule has 3 amide bonds. The fourth-order valence-corrected chi connectivity index (χ4v) is 3.65. The first-order chi connectivity index (χ1) is 12.1. The quantitative estimate of drug-likeness (QED) is 0.876. The van der Waals surface area contributed by atoms with Crippen molar-refractivity contribution in [1.29, 1.82) is 0 Å². The lowest BCUT2D eigenvalue weighted by molar-refractivity contribution is 0.0666. The molecule has 2 aliphatic heterocycles. The summed E-state index contributed by atoms with van der Waals surface area (Å²) in [5, 5.41) is 2.95. The number of rotatable bonds is 3. The van der Waals surface area contributed by atoms with Gasteiger partial charge in [0.1, 0.15) is 0 Å². The number of carbonyl (C=O) groups excluding carboxylic acids is 2.